The van der Waals surface area contributed by atoms with Gasteiger partial charge in [-0.05, 0) is 18.5 Å². The number of aromatic nitrogens is 2. The number of benzene rings is 1. The second-order valence-electron chi connectivity index (χ2n) is 11.7. The van der Waals surface area contributed by atoms with E-state index in [0.29, 0.717) is 19.6 Å². The van der Waals surface area contributed by atoms with Gasteiger partial charge in [0.15, 0.2) is 27.2 Å². The number of nitrogens with one attached hydrogen (secondary N) is 2. The van der Waals surface area contributed by atoms with Crippen LogP contribution in [0.25, 0.3) is 11.0 Å². The van der Waals surface area contributed by atoms with E-state index in [-0.39, 0.29) is 42.8 Å². The molecule has 1 aromatic carbocycles. The summed E-state index contributed by atoms with van der Waals surface area (Å²) in [5.41, 5.74) is -1.52. The zero-order valence-corrected chi connectivity index (χ0v) is 26.2. The number of alkyl halides is 3. The molecule has 44 heavy (non-hydrogen) atoms. The summed E-state index contributed by atoms with van der Waals surface area (Å²) < 4.78 is 108. The Labute approximate surface area is 252 Å². The van der Waals surface area contributed by atoms with E-state index in [0.717, 1.165) is 41.2 Å². The standard InChI is InChI=1S/C27H34F5N5O5SSi/c1-44(2,3)12-10-41-16-37-15-19(27(30,31)32)23-22(5-6-33-25(23)37)42-24-20(28)13-18(14-21(24)29)35-26(38)34-7-9-36-8-4-11-43(39,40)17-36/h5-6,13-15H,4,7-12,16-17H2,1-3H3,(H2,34,35,38). The Hall–Kier alpha value is -3.28. The first-order chi connectivity index (χ1) is 20.5. The number of fused-ring (bicyclic) bond motifs is 1. The highest BCUT2D eigenvalue weighted by Crippen LogP contribution is 2.42. The molecule has 2 amide bonds. The summed E-state index contributed by atoms with van der Waals surface area (Å²) in [6, 6.07) is 2.60. The summed E-state index contributed by atoms with van der Waals surface area (Å²) in [5.74, 6) is -3.98. The molecule has 0 aliphatic carbocycles. The van der Waals surface area contributed by atoms with Gasteiger partial charge in [0.2, 0.25) is 0 Å². The molecule has 0 spiro atoms. The van der Waals surface area contributed by atoms with Crippen LogP contribution in [0.2, 0.25) is 25.7 Å². The average molecular weight is 664 g/mol. The first kappa shape index (κ1) is 33.6. The van der Waals surface area contributed by atoms with E-state index in [9.17, 15) is 35.2 Å². The van der Waals surface area contributed by atoms with Gasteiger partial charge in [-0.3, -0.25) is 4.90 Å². The molecule has 1 aliphatic heterocycles. The van der Waals surface area contributed by atoms with Gasteiger partial charge in [-0.15, -0.1) is 0 Å². The highest BCUT2D eigenvalue weighted by Gasteiger charge is 2.37. The molecule has 4 rings (SSSR count). The summed E-state index contributed by atoms with van der Waals surface area (Å²) in [7, 11) is -4.60. The van der Waals surface area contributed by atoms with Crippen molar-refractivity contribution in [3.63, 3.8) is 0 Å². The molecule has 17 heteroatoms. The Morgan fingerprint density at radius 1 is 1.16 bits per heavy atom. The normalized spacial score (nSPS) is 15.8. The molecule has 10 nitrogen and oxygen atoms in total. The number of amides is 2. The Bertz CT molecular complexity index is 1590. The maximum absolute atomic E-state index is 15.0. The minimum absolute atomic E-state index is 0.0795. The van der Waals surface area contributed by atoms with Crippen molar-refractivity contribution < 1.29 is 44.6 Å². The van der Waals surface area contributed by atoms with Crippen LogP contribution in [-0.4, -0.2) is 74.8 Å². The molecule has 0 saturated carbocycles. The van der Waals surface area contributed by atoms with Crippen LogP contribution in [0.15, 0.2) is 30.6 Å². The van der Waals surface area contributed by atoms with Gasteiger partial charge in [0.1, 0.15) is 24.0 Å². The molecule has 3 heterocycles. The van der Waals surface area contributed by atoms with Gasteiger partial charge in [-0.1, -0.05) is 19.6 Å². The number of carbonyl (C=O) groups excluding carboxylic acids is 1. The molecule has 242 valence electrons. The number of hydrogen-bond acceptors (Lipinski definition) is 7. The molecule has 3 aromatic rings. The third-order valence-electron chi connectivity index (χ3n) is 6.74. The third kappa shape index (κ3) is 8.89. The van der Waals surface area contributed by atoms with E-state index in [1.165, 1.54) is 0 Å². The zero-order valence-electron chi connectivity index (χ0n) is 24.4. The molecule has 1 saturated heterocycles. The van der Waals surface area contributed by atoms with E-state index < -0.39 is 64.2 Å². The van der Waals surface area contributed by atoms with E-state index in [4.69, 9.17) is 9.47 Å². The van der Waals surface area contributed by atoms with Crippen LogP contribution in [0.4, 0.5) is 32.4 Å². The number of anilines is 1. The van der Waals surface area contributed by atoms with Crippen molar-refractivity contribution >= 4 is 40.7 Å². The van der Waals surface area contributed by atoms with Crippen LogP contribution in [-0.2, 0) is 27.5 Å². The van der Waals surface area contributed by atoms with Crippen LogP contribution < -0.4 is 15.4 Å². The van der Waals surface area contributed by atoms with Crippen molar-refractivity contribution in [3.05, 3.63) is 47.8 Å². The smallest absolute Gasteiger partial charge is 0.418 e. The molecular formula is C27H34F5N5O5SSi. The Morgan fingerprint density at radius 3 is 2.50 bits per heavy atom. The van der Waals surface area contributed by atoms with E-state index in [2.05, 4.69) is 35.3 Å². The number of urea groups is 1. The second kappa shape index (κ2) is 13.4. The fourth-order valence-electron chi connectivity index (χ4n) is 4.56. The summed E-state index contributed by atoms with van der Waals surface area (Å²) in [6.45, 7) is 7.45. The molecule has 2 aromatic heterocycles. The van der Waals surface area contributed by atoms with Crippen molar-refractivity contribution in [1.29, 1.82) is 0 Å². The number of rotatable bonds is 11. The molecule has 1 aliphatic rings. The predicted molar refractivity (Wildman–Crippen MR) is 157 cm³/mol. The fourth-order valence-corrected chi connectivity index (χ4v) is 6.83. The lowest BCUT2D eigenvalue weighted by Crippen LogP contribution is -2.42. The number of halogens is 5. The van der Waals surface area contributed by atoms with Crippen LogP contribution in [0.5, 0.6) is 11.5 Å². The largest absolute Gasteiger partial charge is 0.450 e. The second-order valence-corrected chi connectivity index (χ2v) is 19.4. The zero-order chi connectivity index (χ0) is 32.3. The van der Waals surface area contributed by atoms with Crippen molar-refractivity contribution in [3.8, 4) is 11.5 Å². The predicted octanol–water partition coefficient (Wildman–Crippen LogP) is 5.64. The van der Waals surface area contributed by atoms with Gasteiger partial charge >= 0.3 is 12.2 Å². The number of nitrogens with zero attached hydrogens (tertiary/aromatic N) is 3. The third-order valence-corrected chi connectivity index (χ3v) is 10.1. The first-order valence-electron chi connectivity index (χ1n) is 13.8. The van der Waals surface area contributed by atoms with Gasteiger partial charge in [0.25, 0.3) is 0 Å². The first-order valence-corrected chi connectivity index (χ1v) is 19.3. The number of carbonyl (C=O) groups is 1. The molecular weight excluding hydrogens is 629 g/mol. The summed E-state index contributed by atoms with van der Waals surface area (Å²) in [4.78, 5) is 17.9. The molecule has 1 fully saturated rings. The molecule has 0 unspecified atom stereocenters. The summed E-state index contributed by atoms with van der Waals surface area (Å²) in [5, 5.41) is 4.26. The van der Waals surface area contributed by atoms with Crippen molar-refractivity contribution in [2.45, 2.75) is 45.0 Å². The van der Waals surface area contributed by atoms with E-state index >= 15 is 0 Å². The fraction of sp³-hybridized carbons (Fsp3) is 0.481. The van der Waals surface area contributed by atoms with Gasteiger partial charge < -0.3 is 24.7 Å². The SMILES string of the molecule is C[Si](C)(C)CCOCn1cc(C(F)(F)F)c2c(Oc3c(F)cc(NC(=O)NCCN4CCCS(=O)(=O)C4)cc3F)ccnc21. The number of pyridine rings is 1. The van der Waals surface area contributed by atoms with Gasteiger partial charge in [-0.25, -0.2) is 27.0 Å². The van der Waals surface area contributed by atoms with Gasteiger partial charge in [0.05, 0.1) is 16.7 Å². The van der Waals surface area contributed by atoms with Gasteiger partial charge in [0, 0.05) is 64.5 Å². The number of hydrogen-bond donors (Lipinski definition) is 2. The minimum atomic E-state index is -4.83. The lowest BCUT2D eigenvalue weighted by atomic mass is 10.2. The van der Waals surface area contributed by atoms with E-state index in [1.54, 1.807) is 4.90 Å². The molecule has 0 bridgehead atoms. The van der Waals surface area contributed by atoms with Crippen molar-refractivity contribution in [2.75, 3.05) is 43.2 Å². The number of sulfone groups is 1. The van der Waals surface area contributed by atoms with Crippen LogP contribution >= 0.6 is 0 Å². The minimum Gasteiger partial charge on any atom is -0.450 e. The lowest BCUT2D eigenvalue weighted by molar-refractivity contribution is -0.136. The maximum atomic E-state index is 15.0. The Morgan fingerprint density at radius 2 is 1.86 bits per heavy atom. The molecule has 0 atom stereocenters. The van der Waals surface area contributed by atoms with Gasteiger partial charge in [-0.2, -0.15) is 13.2 Å². The lowest BCUT2D eigenvalue weighted by Gasteiger charge is -2.26. The molecule has 2 N–H and O–H groups in total. The topological polar surface area (TPSA) is 115 Å². The monoisotopic (exact) mass is 663 g/mol. The van der Waals surface area contributed by atoms with Crippen LogP contribution in [0.3, 0.4) is 0 Å². The average Bonchev–Trinajstić information content (AvgIpc) is 3.28. The van der Waals surface area contributed by atoms with Crippen molar-refractivity contribution in [2.24, 2.45) is 0 Å². The summed E-state index contributed by atoms with van der Waals surface area (Å²) >= 11 is 0. The molecule has 0 radical (unpaired) electrons. The summed E-state index contributed by atoms with van der Waals surface area (Å²) in [6.07, 6.45) is -2.36. The highest BCUT2D eigenvalue weighted by molar-refractivity contribution is 7.91. The van der Waals surface area contributed by atoms with E-state index in [1.807, 2.05) is 0 Å². The highest BCUT2D eigenvalue weighted by atomic mass is 32.2. The Kier molecular flexibility index (Phi) is 10.2. The maximum Gasteiger partial charge on any atom is 0.418 e. The quantitative estimate of drug-likeness (QED) is 0.155. The van der Waals surface area contributed by atoms with Crippen LogP contribution in [0, 0.1) is 11.6 Å². The van der Waals surface area contributed by atoms with Crippen molar-refractivity contribution in [1.82, 2.24) is 19.8 Å². The Balaban J connectivity index is 1.47. The number of ether oxygens (including phenoxy) is 2. The van der Waals surface area contributed by atoms with Crippen LogP contribution in [0.1, 0.15) is 12.0 Å².